The first kappa shape index (κ1) is 10.4. The van der Waals surface area contributed by atoms with E-state index in [9.17, 15) is 0 Å². The summed E-state index contributed by atoms with van der Waals surface area (Å²) in [6.45, 7) is 8.54. The molecule has 3 heteroatoms. The molecule has 0 bridgehead atoms. The predicted molar refractivity (Wildman–Crippen MR) is 56.9 cm³/mol. The Morgan fingerprint density at radius 1 is 1.17 bits per heavy atom. The van der Waals surface area contributed by atoms with E-state index in [0.717, 1.165) is 0 Å². The molecule has 0 radical (unpaired) electrons. The van der Waals surface area contributed by atoms with E-state index in [1.165, 1.54) is 44.2 Å². The first-order chi connectivity index (χ1) is 5.83. The van der Waals surface area contributed by atoms with E-state index in [1.54, 1.807) is 0 Å². The van der Waals surface area contributed by atoms with Gasteiger partial charge >= 0.3 is 0 Å². The van der Waals surface area contributed by atoms with Crippen LogP contribution in [0.15, 0.2) is 0 Å². The second-order valence-electron chi connectivity index (χ2n) is 3.34. The normalized spacial score (nSPS) is 21.5. The average Bonchev–Trinajstić information content (AvgIpc) is 2.09. The largest absolute Gasteiger partial charge is 0.304 e. The van der Waals surface area contributed by atoms with Crippen molar-refractivity contribution in [3.8, 4) is 0 Å². The van der Waals surface area contributed by atoms with Crippen LogP contribution in [0.1, 0.15) is 6.92 Å². The molecule has 2 nitrogen and oxygen atoms in total. The number of hydrogen-bond acceptors (Lipinski definition) is 3. The molecule has 1 fully saturated rings. The maximum Gasteiger partial charge on any atom is 0.0110 e. The zero-order valence-electron chi connectivity index (χ0n) is 8.25. The predicted octanol–water partition coefficient (Wildman–Crippen LogP) is 0.987. The van der Waals surface area contributed by atoms with E-state index < -0.39 is 0 Å². The molecule has 0 N–H and O–H groups in total. The van der Waals surface area contributed by atoms with Crippen LogP contribution in [0.5, 0.6) is 0 Å². The highest BCUT2D eigenvalue weighted by atomic mass is 32.2. The van der Waals surface area contributed by atoms with Gasteiger partial charge in [-0.25, -0.2) is 0 Å². The third-order valence-electron chi connectivity index (χ3n) is 2.35. The topological polar surface area (TPSA) is 6.48 Å². The summed E-state index contributed by atoms with van der Waals surface area (Å²) in [5.74, 6) is 2.56. The van der Waals surface area contributed by atoms with Gasteiger partial charge in [-0.05, 0) is 12.8 Å². The van der Waals surface area contributed by atoms with E-state index in [-0.39, 0.29) is 0 Å². The molecule has 0 unspecified atom stereocenters. The Morgan fingerprint density at radius 2 is 1.83 bits per heavy atom. The van der Waals surface area contributed by atoms with Crippen LogP contribution < -0.4 is 0 Å². The Kier molecular flexibility index (Phi) is 5.04. The molecule has 0 atom stereocenters. The number of nitrogens with zero attached hydrogens (tertiary/aromatic N) is 2. The summed E-state index contributed by atoms with van der Waals surface area (Å²) in [5, 5.41) is 0. The van der Waals surface area contributed by atoms with Crippen LogP contribution in [0.25, 0.3) is 0 Å². The van der Waals surface area contributed by atoms with Crippen LogP contribution in [0.4, 0.5) is 0 Å². The van der Waals surface area contributed by atoms with Crippen molar-refractivity contribution >= 4 is 11.8 Å². The van der Waals surface area contributed by atoms with Crippen LogP contribution in [0, 0.1) is 0 Å². The molecule has 1 aliphatic rings. The summed E-state index contributed by atoms with van der Waals surface area (Å²) in [6, 6.07) is 0. The van der Waals surface area contributed by atoms with E-state index in [4.69, 9.17) is 0 Å². The van der Waals surface area contributed by atoms with Crippen LogP contribution in [-0.2, 0) is 0 Å². The molecule has 0 amide bonds. The minimum absolute atomic E-state index is 1.25. The molecule has 1 aliphatic heterocycles. The smallest absolute Gasteiger partial charge is 0.0110 e. The first-order valence-corrected chi connectivity index (χ1v) is 5.97. The van der Waals surface area contributed by atoms with Crippen LogP contribution in [0.3, 0.4) is 0 Å². The lowest BCUT2D eigenvalue weighted by Crippen LogP contribution is -2.45. The van der Waals surface area contributed by atoms with E-state index >= 15 is 0 Å². The fourth-order valence-electron chi connectivity index (χ4n) is 1.41. The number of hydrogen-bond donors (Lipinski definition) is 0. The minimum Gasteiger partial charge on any atom is -0.304 e. The lowest BCUT2D eigenvalue weighted by Gasteiger charge is -2.32. The third kappa shape index (κ3) is 3.78. The molecule has 0 aromatic rings. The number of likely N-dealkylation sites (N-methyl/N-ethyl adjacent to an activating group) is 1. The average molecular weight is 188 g/mol. The van der Waals surface area contributed by atoms with Gasteiger partial charge in [-0.1, -0.05) is 6.92 Å². The summed E-state index contributed by atoms with van der Waals surface area (Å²) in [6.07, 6.45) is 0. The second kappa shape index (κ2) is 5.84. The molecule has 0 spiro atoms. The van der Waals surface area contributed by atoms with Crippen molar-refractivity contribution < 1.29 is 0 Å². The molecule has 12 heavy (non-hydrogen) atoms. The summed E-state index contributed by atoms with van der Waals surface area (Å²) >= 11 is 2.05. The summed E-state index contributed by atoms with van der Waals surface area (Å²) in [4.78, 5) is 4.98. The van der Waals surface area contributed by atoms with Gasteiger partial charge in [0, 0.05) is 38.5 Å². The molecule has 0 aliphatic carbocycles. The molecule has 0 saturated carbocycles. The first-order valence-electron chi connectivity index (χ1n) is 4.81. The fourth-order valence-corrected chi connectivity index (χ4v) is 2.09. The molecule has 1 saturated heterocycles. The van der Waals surface area contributed by atoms with E-state index in [1.807, 2.05) is 11.8 Å². The van der Waals surface area contributed by atoms with Crippen molar-refractivity contribution in [2.75, 3.05) is 51.3 Å². The van der Waals surface area contributed by atoms with Gasteiger partial charge in [-0.3, -0.25) is 4.90 Å². The SMILES string of the molecule is CCSCCN1CCN(C)CC1. The molecular formula is C9H20N2S. The molecule has 0 aromatic heterocycles. The number of piperazine rings is 1. The maximum atomic E-state index is 2.57. The van der Waals surface area contributed by atoms with E-state index in [0.29, 0.717) is 0 Å². The zero-order valence-corrected chi connectivity index (χ0v) is 9.07. The van der Waals surface area contributed by atoms with Gasteiger partial charge in [0.15, 0.2) is 0 Å². The van der Waals surface area contributed by atoms with Gasteiger partial charge in [-0.15, -0.1) is 0 Å². The standard InChI is InChI=1S/C9H20N2S/c1-3-12-9-8-11-6-4-10(2)5-7-11/h3-9H2,1-2H3. The Hall–Kier alpha value is 0.270. The van der Waals surface area contributed by atoms with Gasteiger partial charge in [0.1, 0.15) is 0 Å². The number of thioether (sulfide) groups is 1. The van der Waals surface area contributed by atoms with Crippen LogP contribution >= 0.6 is 11.8 Å². The van der Waals surface area contributed by atoms with Crippen molar-refractivity contribution in [1.82, 2.24) is 9.80 Å². The van der Waals surface area contributed by atoms with Gasteiger partial charge in [0.25, 0.3) is 0 Å². The highest BCUT2D eigenvalue weighted by Crippen LogP contribution is 2.03. The third-order valence-corrected chi connectivity index (χ3v) is 3.23. The van der Waals surface area contributed by atoms with Gasteiger partial charge in [0.05, 0.1) is 0 Å². The van der Waals surface area contributed by atoms with Gasteiger partial charge in [-0.2, -0.15) is 11.8 Å². The van der Waals surface area contributed by atoms with Gasteiger partial charge in [0.2, 0.25) is 0 Å². The molecule has 1 heterocycles. The molecule has 0 aromatic carbocycles. The monoisotopic (exact) mass is 188 g/mol. The highest BCUT2D eigenvalue weighted by molar-refractivity contribution is 7.99. The van der Waals surface area contributed by atoms with Crippen molar-refractivity contribution in [3.05, 3.63) is 0 Å². The summed E-state index contributed by atoms with van der Waals surface area (Å²) in [7, 11) is 2.21. The summed E-state index contributed by atoms with van der Waals surface area (Å²) in [5.41, 5.74) is 0. The maximum absolute atomic E-state index is 2.57. The quantitative estimate of drug-likeness (QED) is 0.608. The van der Waals surface area contributed by atoms with Crippen LogP contribution in [-0.4, -0.2) is 61.1 Å². The van der Waals surface area contributed by atoms with Crippen molar-refractivity contribution in [1.29, 1.82) is 0 Å². The van der Waals surface area contributed by atoms with Crippen molar-refractivity contribution in [2.24, 2.45) is 0 Å². The lowest BCUT2D eigenvalue weighted by atomic mass is 10.3. The van der Waals surface area contributed by atoms with Crippen LogP contribution in [0.2, 0.25) is 0 Å². The molecule has 72 valence electrons. The Labute approximate surface area is 80.3 Å². The van der Waals surface area contributed by atoms with Gasteiger partial charge < -0.3 is 4.90 Å². The fraction of sp³-hybridized carbons (Fsp3) is 1.00. The molecular weight excluding hydrogens is 168 g/mol. The minimum atomic E-state index is 1.25. The Balaban J connectivity index is 2.01. The highest BCUT2D eigenvalue weighted by Gasteiger charge is 2.12. The molecule has 1 rings (SSSR count). The zero-order chi connectivity index (χ0) is 8.81. The van der Waals surface area contributed by atoms with Crippen molar-refractivity contribution in [3.63, 3.8) is 0 Å². The van der Waals surface area contributed by atoms with Crippen molar-refractivity contribution in [2.45, 2.75) is 6.92 Å². The Morgan fingerprint density at radius 3 is 2.42 bits per heavy atom. The lowest BCUT2D eigenvalue weighted by molar-refractivity contribution is 0.161. The second-order valence-corrected chi connectivity index (χ2v) is 4.74. The van der Waals surface area contributed by atoms with E-state index in [2.05, 4.69) is 23.8 Å². The Bertz CT molecular complexity index is 111. The summed E-state index contributed by atoms with van der Waals surface area (Å²) < 4.78 is 0. The number of rotatable bonds is 4.